The Morgan fingerprint density at radius 3 is 2.72 bits per heavy atom. The molecule has 4 aliphatic carbocycles. The van der Waals surface area contributed by atoms with Gasteiger partial charge in [0, 0.05) is 0 Å². The molecule has 4 aliphatic rings. The highest BCUT2D eigenvalue weighted by atomic mass is 16.5. The lowest BCUT2D eigenvalue weighted by Crippen LogP contribution is -2.38. The molecule has 3 fully saturated rings. The molecule has 2 heteroatoms. The zero-order valence-electron chi connectivity index (χ0n) is 11.3. The molecule has 6 unspecified atom stereocenters. The van der Waals surface area contributed by atoms with E-state index in [2.05, 4.69) is 19.1 Å². The fraction of sp³-hybridized carbons (Fsp3) is 0.812. The van der Waals surface area contributed by atoms with Crippen molar-refractivity contribution in [2.75, 3.05) is 7.11 Å². The van der Waals surface area contributed by atoms with E-state index in [4.69, 9.17) is 4.74 Å². The molecule has 0 aromatic heterocycles. The molecule has 0 aromatic carbocycles. The first kappa shape index (κ1) is 11.1. The monoisotopic (exact) mass is 246 g/mol. The first-order valence-electron chi connectivity index (χ1n) is 7.37. The Hall–Kier alpha value is -0.790. The smallest absolute Gasteiger partial charge is 0.306 e. The third kappa shape index (κ3) is 1.22. The number of methoxy groups -OCH3 is 1. The minimum atomic E-state index is -0.0136. The van der Waals surface area contributed by atoms with Gasteiger partial charge in [-0.1, -0.05) is 19.1 Å². The van der Waals surface area contributed by atoms with Gasteiger partial charge in [-0.3, -0.25) is 4.79 Å². The number of rotatable bonds is 2. The Labute approximate surface area is 109 Å². The van der Waals surface area contributed by atoms with E-state index in [1.807, 2.05) is 0 Å². The number of hydrogen-bond donors (Lipinski definition) is 0. The number of ether oxygens (including phenoxy) is 1. The van der Waals surface area contributed by atoms with Crippen molar-refractivity contribution in [1.29, 1.82) is 0 Å². The Morgan fingerprint density at radius 2 is 2.00 bits per heavy atom. The number of carbonyl (C=O) groups is 1. The molecular formula is C16H22O2. The summed E-state index contributed by atoms with van der Waals surface area (Å²) in [5.74, 6) is 5.18. The van der Waals surface area contributed by atoms with Crippen LogP contribution in [0.2, 0.25) is 0 Å². The van der Waals surface area contributed by atoms with Crippen LogP contribution in [0.4, 0.5) is 0 Å². The van der Waals surface area contributed by atoms with Crippen LogP contribution in [-0.4, -0.2) is 13.1 Å². The van der Waals surface area contributed by atoms with Crippen LogP contribution in [0.1, 0.15) is 32.6 Å². The molecule has 2 nitrogen and oxygen atoms in total. The minimum absolute atomic E-state index is 0.0136. The fourth-order valence-electron chi connectivity index (χ4n) is 6.09. The molecule has 98 valence electrons. The highest BCUT2D eigenvalue weighted by Crippen LogP contribution is 2.70. The summed E-state index contributed by atoms with van der Waals surface area (Å²) in [6.45, 7) is 2.33. The highest BCUT2D eigenvalue weighted by Gasteiger charge is 2.64. The summed E-state index contributed by atoms with van der Waals surface area (Å²) in [5, 5.41) is 0. The van der Waals surface area contributed by atoms with E-state index in [0.717, 1.165) is 35.5 Å². The van der Waals surface area contributed by atoms with Crippen LogP contribution in [0.5, 0.6) is 0 Å². The summed E-state index contributed by atoms with van der Waals surface area (Å²) in [5.41, 5.74) is 0.219. The van der Waals surface area contributed by atoms with Gasteiger partial charge < -0.3 is 4.74 Å². The average molecular weight is 246 g/mol. The summed E-state index contributed by atoms with van der Waals surface area (Å²) in [6, 6.07) is 0. The molecule has 4 rings (SSSR count). The van der Waals surface area contributed by atoms with Crippen molar-refractivity contribution in [2.45, 2.75) is 32.6 Å². The SMILES string of the molecule is COC(=O)CC1(C)CC2CC1C1C3C=CC(C3)[C@H]21. The zero-order valence-corrected chi connectivity index (χ0v) is 11.3. The van der Waals surface area contributed by atoms with Crippen molar-refractivity contribution in [3.8, 4) is 0 Å². The van der Waals surface area contributed by atoms with E-state index < -0.39 is 0 Å². The number of carbonyl (C=O) groups excluding carboxylic acids is 1. The van der Waals surface area contributed by atoms with Crippen LogP contribution in [0.3, 0.4) is 0 Å². The van der Waals surface area contributed by atoms with Crippen LogP contribution in [-0.2, 0) is 9.53 Å². The maximum absolute atomic E-state index is 11.7. The van der Waals surface area contributed by atoms with Crippen molar-refractivity contribution in [3.63, 3.8) is 0 Å². The molecule has 18 heavy (non-hydrogen) atoms. The topological polar surface area (TPSA) is 26.3 Å². The first-order chi connectivity index (χ1) is 8.62. The number of esters is 1. The van der Waals surface area contributed by atoms with Gasteiger partial charge in [-0.25, -0.2) is 0 Å². The Morgan fingerprint density at radius 1 is 1.28 bits per heavy atom. The molecule has 4 bridgehead atoms. The summed E-state index contributed by atoms with van der Waals surface area (Å²) in [7, 11) is 1.52. The molecular weight excluding hydrogens is 224 g/mol. The number of fused-ring (bicyclic) bond motifs is 9. The predicted octanol–water partition coefficient (Wildman–Crippen LogP) is 3.03. The van der Waals surface area contributed by atoms with Crippen molar-refractivity contribution in [1.82, 2.24) is 0 Å². The number of allylic oxidation sites excluding steroid dienone is 2. The van der Waals surface area contributed by atoms with E-state index in [1.165, 1.54) is 26.4 Å². The van der Waals surface area contributed by atoms with Crippen molar-refractivity contribution in [2.24, 2.45) is 40.9 Å². The highest BCUT2D eigenvalue weighted by molar-refractivity contribution is 5.70. The summed E-state index contributed by atoms with van der Waals surface area (Å²) >= 11 is 0. The molecule has 0 radical (unpaired) electrons. The molecule has 0 N–H and O–H groups in total. The van der Waals surface area contributed by atoms with E-state index in [1.54, 1.807) is 0 Å². The second-order valence-electron chi connectivity index (χ2n) is 7.32. The molecule has 0 amide bonds. The van der Waals surface area contributed by atoms with Gasteiger partial charge in [0.15, 0.2) is 0 Å². The van der Waals surface area contributed by atoms with Gasteiger partial charge in [0.05, 0.1) is 13.5 Å². The predicted molar refractivity (Wildman–Crippen MR) is 68.7 cm³/mol. The Balaban J connectivity index is 1.61. The Bertz CT molecular complexity index is 427. The quantitative estimate of drug-likeness (QED) is 0.425. The summed E-state index contributed by atoms with van der Waals surface area (Å²) in [6.07, 6.45) is 9.60. The maximum Gasteiger partial charge on any atom is 0.306 e. The standard InChI is InChI=1S/C16H22O2/c1-16(8-13(17)18-2)7-11-6-12(16)15-10-4-3-9(5-10)14(11)15/h3-4,9-12,14-15H,5-8H2,1-2H3/t9?,10?,11?,12?,14-,15?,16?/m1/s1. The normalized spacial score (nSPS) is 55.0. The molecule has 0 saturated heterocycles. The zero-order chi connectivity index (χ0) is 12.5. The second kappa shape index (κ2) is 3.40. The number of hydrogen-bond acceptors (Lipinski definition) is 2. The third-order valence-electron chi connectivity index (χ3n) is 6.55. The average Bonchev–Trinajstić information content (AvgIpc) is 3.03. The largest absolute Gasteiger partial charge is 0.469 e. The van der Waals surface area contributed by atoms with Gasteiger partial charge in [0.2, 0.25) is 0 Å². The second-order valence-corrected chi connectivity index (χ2v) is 7.32. The van der Waals surface area contributed by atoms with Gasteiger partial charge in [0.25, 0.3) is 0 Å². The van der Waals surface area contributed by atoms with Gasteiger partial charge in [-0.05, 0) is 60.2 Å². The van der Waals surface area contributed by atoms with E-state index in [0.29, 0.717) is 6.42 Å². The summed E-state index contributed by atoms with van der Waals surface area (Å²) < 4.78 is 4.91. The van der Waals surface area contributed by atoms with Crippen LogP contribution >= 0.6 is 0 Å². The van der Waals surface area contributed by atoms with Crippen molar-refractivity contribution in [3.05, 3.63) is 12.2 Å². The van der Waals surface area contributed by atoms with Gasteiger partial charge in [-0.15, -0.1) is 0 Å². The van der Waals surface area contributed by atoms with E-state index in [9.17, 15) is 4.79 Å². The van der Waals surface area contributed by atoms with Gasteiger partial charge >= 0.3 is 5.97 Å². The molecule has 0 aliphatic heterocycles. The molecule has 0 spiro atoms. The van der Waals surface area contributed by atoms with Crippen LogP contribution < -0.4 is 0 Å². The molecule has 7 atom stereocenters. The van der Waals surface area contributed by atoms with Crippen LogP contribution in [0.15, 0.2) is 12.2 Å². The van der Waals surface area contributed by atoms with Gasteiger partial charge in [-0.2, -0.15) is 0 Å². The van der Waals surface area contributed by atoms with Crippen LogP contribution in [0.25, 0.3) is 0 Å². The maximum atomic E-state index is 11.7. The Kier molecular flexibility index (Phi) is 2.09. The molecule has 0 aromatic rings. The summed E-state index contributed by atoms with van der Waals surface area (Å²) in [4.78, 5) is 11.7. The lowest BCUT2D eigenvalue weighted by Gasteiger charge is -2.43. The minimum Gasteiger partial charge on any atom is -0.469 e. The lowest BCUT2D eigenvalue weighted by molar-refractivity contribution is -0.144. The fourth-order valence-corrected chi connectivity index (χ4v) is 6.09. The van der Waals surface area contributed by atoms with E-state index >= 15 is 0 Å². The van der Waals surface area contributed by atoms with Gasteiger partial charge in [0.1, 0.15) is 0 Å². The van der Waals surface area contributed by atoms with E-state index in [-0.39, 0.29) is 11.4 Å². The van der Waals surface area contributed by atoms with Crippen molar-refractivity contribution < 1.29 is 9.53 Å². The van der Waals surface area contributed by atoms with Crippen molar-refractivity contribution >= 4 is 5.97 Å². The van der Waals surface area contributed by atoms with Crippen LogP contribution in [0, 0.1) is 40.9 Å². The molecule has 3 saturated carbocycles. The third-order valence-corrected chi connectivity index (χ3v) is 6.55. The lowest BCUT2D eigenvalue weighted by atomic mass is 9.62. The molecule has 0 heterocycles. The first-order valence-corrected chi connectivity index (χ1v) is 7.37.